The number of nitrogens with zero attached hydrogens (tertiary/aromatic N) is 3. The predicted octanol–water partition coefficient (Wildman–Crippen LogP) is 0.345. The van der Waals surface area contributed by atoms with Gasteiger partial charge in [0.15, 0.2) is 0 Å². The van der Waals surface area contributed by atoms with E-state index in [4.69, 9.17) is 0 Å². The zero-order valence-corrected chi connectivity index (χ0v) is 10.3. The Kier molecular flexibility index (Phi) is 2.91. The average Bonchev–Trinajstić information content (AvgIpc) is 2.89. The third kappa shape index (κ3) is 2.82. The number of nitrogens with one attached hydrogen (secondary N) is 1. The minimum atomic E-state index is -1.04. The van der Waals surface area contributed by atoms with Gasteiger partial charge in [0.05, 0.1) is 6.20 Å². The molecule has 0 spiro atoms. The Morgan fingerprint density at radius 2 is 2.29 bits per heavy atom. The Bertz CT molecular complexity index is 417. The van der Waals surface area contributed by atoms with Crippen LogP contribution in [0.5, 0.6) is 0 Å². The first-order chi connectivity index (χ1) is 7.88. The quantitative estimate of drug-likeness (QED) is 0.793. The molecule has 94 valence electrons. The molecule has 17 heavy (non-hydrogen) atoms. The predicted molar refractivity (Wildman–Crippen MR) is 61.1 cm³/mol. The fourth-order valence-corrected chi connectivity index (χ4v) is 1.42. The molecule has 1 aromatic heterocycles. The van der Waals surface area contributed by atoms with E-state index in [1.54, 1.807) is 27.0 Å². The highest BCUT2D eigenvalue weighted by Crippen LogP contribution is 2.21. The molecule has 1 atom stereocenters. The van der Waals surface area contributed by atoms with E-state index >= 15 is 0 Å². The summed E-state index contributed by atoms with van der Waals surface area (Å²) in [5.74, 6) is -0.0558. The summed E-state index contributed by atoms with van der Waals surface area (Å²) in [6.07, 6.45) is 3.73. The van der Waals surface area contributed by atoms with Gasteiger partial charge in [0.2, 0.25) is 5.91 Å². The molecule has 0 aliphatic heterocycles. The largest absolute Gasteiger partial charge is 0.384 e. The second-order valence-corrected chi connectivity index (χ2v) is 5.10. The maximum absolute atomic E-state index is 11.8. The van der Waals surface area contributed by atoms with Crippen LogP contribution in [0.25, 0.3) is 0 Å². The van der Waals surface area contributed by atoms with Crippen LogP contribution in [0, 0.1) is 0 Å². The minimum absolute atomic E-state index is 0.0558. The summed E-state index contributed by atoms with van der Waals surface area (Å²) in [5.41, 5.74) is -0.575. The molecule has 6 heteroatoms. The Balaban J connectivity index is 2.05. The molecule has 0 radical (unpaired) electrons. The lowest BCUT2D eigenvalue weighted by molar-refractivity contribution is -0.124. The number of carbonyl (C=O) groups is 1. The van der Waals surface area contributed by atoms with Crippen LogP contribution in [0.15, 0.2) is 6.20 Å². The molecule has 1 saturated carbocycles. The van der Waals surface area contributed by atoms with Crippen LogP contribution in [0.3, 0.4) is 0 Å². The smallest absolute Gasteiger partial charge is 0.244 e. The molecule has 1 aliphatic rings. The van der Waals surface area contributed by atoms with Gasteiger partial charge < -0.3 is 10.4 Å². The standard InChI is InChI=1S/C11H18N4O2/c1-7(10(16)12-8-4-5-8)15-6-9(13-14-15)11(2,3)17/h6-8,17H,4-5H2,1-3H3,(H,12,16). The first kappa shape index (κ1) is 12.0. The normalized spacial score (nSPS) is 17.9. The lowest BCUT2D eigenvalue weighted by Crippen LogP contribution is -2.32. The van der Waals surface area contributed by atoms with Crippen molar-refractivity contribution in [2.45, 2.75) is 51.3 Å². The monoisotopic (exact) mass is 238 g/mol. The van der Waals surface area contributed by atoms with Crippen molar-refractivity contribution in [3.63, 3.8) is 0 Å². The molecule has 0 saturated heterocycles. The van der Waals surface area contributed by atoms with Gasteiger partial charge in [-0.1, -0.05) is 5.21 Å². The van der Waals surface area contributed by atoms with E-state index in [0.29, 0.717) is 11.7 Å². The van der Waals surface area contributed by atoms with Gasteiger partial charge in [-0.25, -0.2) is 4.68 Å². The fourth-order valence-electron chi connectivity index (χ4n) is 1.42. The van der Waals surface area contributed by atoms with Crippen LogP contribution in [-0.2, 0) is 10.4 Å². The van der Waals surface area contributed by atoms with Gasteiger partial charge in [0, 0.05) is 6.04 Å². The second-order valence-electron chi connectivity index (χ2n) is 5.10. The lowest BCUT2D eigenvalue weighted by Gasteiger charge is -2.13. The number of amides is 1. The van der Waals surface area contributed by atoms with Crippen molar-refractivity contribution in [3.05, 3.63) is 11.9 Å². The van der Waals surface area contributed by atoms with Crippen molar-refractivity contribution < 1.29 is 9.90 Å². The van der Waals surface area contributed by atoms with Gasteiger partial charge in [0.25, 0.3) is 0 Å². The topological polar surface area (TPSA) is 80.0 Å². The van der Waals surface area contributed by atoms with Crippen LogP contribution in [0.4, 0.5) is 0 Å². The summed E-state index contributed by atoms with van der Waals surface area (Å²) in [6.45, 7) is 5.03. The molecular formula is C11H18N4O2. The van der Waals surface area contributed by atoms with Crippen molar-refractivity contribution >= 4 is 5.91 Å². The third-order valence-electron chi connectivity index (χ3n) is 2.84. The van der Waals surface area contributed by atoms with E-state index in [-0.39, 0.29) is 5.91 Å². The van der Waals surface area contributed by atoms with Gasteiger partial charge in [-0.2, -0.15) is 0 Å². The van der Waals surface area contributed by atoms with E-state index in [1.165, 1.54) is 4.68 Å². The summed E-state index contributed by atoms with van der Waals surface area (Å²) < 4.78 is 1.48. The molecule has 2 N–H and O–H groups in total. The summed E-state index contributed by atoms with van der Waals surface area (Å²) in [6, 6.07) is -0.0681. The number of aliphatic hydroxyl groups is 1. The molecule has 0 bridgehead atoms. The van der Waals surface area contributed by atoms with E-state index in [1.807, 2.05) is 0 Å². The Hall–Kier alpha value is -1.43. The second kappa shape index (κ2) is 4.10. The molecule has 2 rings (SSSR count). The van der Waals surface area contributed by atoms with Crippen LogP contribution >= 0.6 is 0 Å². The van der Waals surface area contributed by atoms with E-state index < -0.39 is 11.6 Å². The fraction of sp³-hybridized carbons (Fsp3) is 0.727. The van der Waals surface area contributed by atoms with Gasteiger partial charge >= 0.3 is 0 Å². The van der Waals surface area contributed by atoms with E-state index in [9.17, 15) is 9.90 Å². The van der Waals surface area contributed by atoms with Crippen LogP contribution in [-0.4, -0.2) is 32.0 Å². The maximum Gasteiger partial charge on any atom is 0.244 e. The van der Waals surface area contributed by atoms with Crippen LogP contribution < -0.4 is 5.32 Å². The van der Waals surface area contributed by atoms with Crippen LogP contribution in [0.2, 0.25) is 0 Å². The summed E-state index contributed by atoms with van der Waals surface area (Å²) in [7, 11) is 0. The molecule has 1 aliphatic carbocycles. The van der Waals surface area contributed by atoms with Gasteiger partial charge in [-0.15, -0.1) is 5.10 Å². The molecule has 1 heterocycles. The zero-order chi connectivity index (χ0) is 12.6. The molecular weight excluding hydrogens is 220 g/mol. The van der Waals surface area contributed by atoms with E-state index in [0.717, 1.165) is 12.8 Å². The molecule has 1 amide bonds. The summed E-state index contributed by atoms with van der Waals surface area (Å²) in [5, 5.41) is 20.4. The SMILES string of the molecule is CC(C(=O)NC1CC1)n1cc(C(C)(C)O)nn1. The van der Waals surface area contributed by atoms with Crippen molar-refractivity contribution in [2.75, 3.05) is 0 Å². The van der Waals surface area contributed by atoms with Crippen molar-refractivity contribution in [1.82, 2.24) is 20.3 Å². The zero-order valence-electron chi connectivity index (χ0n) is 10.3. The summed E-state index contributed by atoms with van der Waals surface area (Å²) >= 11 is 0. The highest BCUT2D eigenvalue weighted by Gasteiger charge is 2.28. The highest BCUT2D eigenvalue weighted by atomic mass is 16.3. The number of hydrogen-bond acceptors (Lipinski definition) is 4. The molecule has 1 unspecified atom stereocenters. The van der Waals surface area contributed by atoms with Crippen LogP contribution in [0.1, 0.15) is 45.3 Å². The number of rotatable bonds is 4. The van der Waals surface area contributed by atoms with Gasteiger partial charge in [-0.3, -0.25) is 4.79 Å². The Morgan fingerprint density at radius 3 is 2.76 bits per heavy atom. The van der Waals surface area contributed by atoms with Gasteiger partial charge in [-0.05, 0) is 33.6 Å². The number of hydrogen-bond donors (Lipinski definition) is 2. The molecule has 6 nitrogen and oxygen atoms in total. The lowest BCUT2D eigenvalue weighted by atomic mass is 10.1. The first-order valence-corrected chi connectivity index (χ1v) is 5.83. The Morgan fingerprint density at radius 1 is 1.65 bits per heavy atom. The minimum Gasteiger partial charge on any atom is -0.384 e. The first-order valence-electron chi connectivity index (χ1n) is 5.83. The maximum atomic E-state index is 11.8. The molecule has 1 fully saturated rings. The van der Waals surface area contributed by atoms with Crippen molar-refractivity contribution in [3.8, 4) is 0 Å². The van der Waals surface area contributed by atoms with Crippen molar-refractivity contribution in [2.24, 2.45) is 0 Å². The van der Waals surface area contributed by atoms with Crippen molar-refractivity contribution in [1.29, 1.82) is 0 Å². The molecule has 0 aromatic carbocycles. The number of carbonyl (C=O) groups excluding carboxylic acids is 1. The Labute approximate surface area is 100 Å². The van der Waals surface area contributed by atoms with E-state index in [2.05, 4.69) is 15.6 Å². The third-order valence-corrected chi connectivity index (χ3v) is 2.84. The number of aromatic nitrogens is 3. The summed E-state index contributed by atoms with van der Waals surface area (Å²) in [4.78, 5) is 11.8. The molecule has 1 aromatic rings. The highest BCUT2D eigenvalue weighted by molar-refractivity contribution is 5.80. The van der Waals surface area contributed by atoms with Gasteiger partial charge in [0.1, 0.15) is 17.3 Å². The average molecular weight is 238 g/mol.